The Bertz CT molecular complexity index is 1230. The minimum Gasteiger partial charge on any atom is -0.488 e. The molecule has 0 unspecified atom stereocenters. The highest BCUT2D eigenvalue weighted by atomic mass is 32.2. The Morgan fingerprint density at radius 2 is 1.79 bits per heavy atom. The molecule has 1 aliphatic rings. The van der Waals surface area contributed by atoms with Gasteiger partial charge in [-0.1, -0.05) is 48.0 Å². The molecule has 33 heavy (non-hydrogen) atoms. The molecule has 3 aromatic carbocycles. The van der Waals surface area contributed by atoms with E-state index in [1.165, 1.54) is 24.2 Å². The van der Waals surface area contributed by atoms with E-state index < -0.39 is 0 Å². The highest BCUT2D eigenvalue weighted by Gasteiger charge is 2.24. The molecule has 166 valence electrons. The Balaban J connectivity index is 1.47. The van der Waals surface area contributed by atoms with E-state index in [1.807, 2.05) is 42.5 Å². The third-order valence-corrected chi connectivity index (χ3v) is 5.70. The number of hydrogen-bond donors (Lipinski definition) is 2. The van der Waals surface area contributed by atoms with Crippen molar-refractivity contribution in [3.8, 4) is 5.75 Å². The first-order valence-corrected chi connectivity index (χ1v) is 11.2. The number of carbonyl (C=O) groups excluding carboxylic acids is 2. The van der Waals surface area contributed by atoms with E-state index in [1.54, 1.807) is 24.3 Å². The monoisotopic (exact) mass is 457 g/mol. The topological polar surface area (TPSA) is 79.8 Å². The highest BCUT2D eigenvalue weighted by molar-refractivity contribution is 8.18. The number of thioether (sulfide) groups is 1. The van der Waals surface area contributed by atoms with Crippen LogP contribution in [0.2, 0.25) is 0 Å². The lowest BCUT2D eigenvalue weighted by Gasteiger charge is -2.10. The number of nitrogens with zero attached hydrogens (tertiary/aromatic N) is 1. The lowest BCUT2D eigenvalue weighted by molar-refractivity contribution is -0.115. The number of benzene rings is 3. The summed E-state index contributed by atoms with van der Waals surface area (Å²) in [7, 11) is 0. The van der Waals surface area contributed by atoms with Gasteiger partial charge in [0, 0.05) is 18.2 Å². The molecule has 0 spiro atoms. The summed E-state index contributed by atoms with van der Waals surface area (Å²) >= 11 is 1.27. The molecule has 0 aromatic heterocycles. The number of aryl methyl sites for hydroxylation is 1. The molecule has 1 saturated heterocycles. The number of amidine groups is 1. The van der Waals surface area contributed by atoms with Crippen LogP contribution < -0.4 is 15.4 Å². The lowest BCUT2D eigenvalue weighted by atomic mass is 10.1. The van der Waals surface area contributed by atoms with Crippen molar-refractivity contribution in [1.82, 2.24) is 5.32 Å². The van der Waals surface area contributed by atoms with Gasteiger partial charge in [0.2, 0.25) is 5.91 Å². The summed E-state index contributed by atoms with van der Waals surface area (Å²) in [6.07, 6.45) is 1.81. The SMILES string of the molecule is CC(=O)Nc1ccc(N=C2NC(=O)/C(=C/c3ccccc3OCc3ccc(C)cc3)S2)cc1. The average Bonchev–Trinajstić information content (AvgIpc) is 3.14. The maximum atomic E-state index is 12.5. The molecule has 4 rings (SSSR count). The molecular weight excluding hydrogens is 434 g/mol. The summed E-state index contributed by atoms with van der Waals surface area (Å²) in [6, 6.07) is 22.9. The Hall–Kier alpha value is -3.84. The Morgan fingerprint density at radius 1 is 1.06 bits per heavy atom. The van der Waals surface area contributed by atoms with Crippen molar-refractivity contribution in [3.05, 3.63) is 94.4 Å². The van der Waals surface area contributed by atoms with Gasteiger partial charge in [-0.05, 0) is 60.7 Å². The van der Waals surface area contributed by atoms with Gasteiger partial charge in [-0.25, -0.2) is 4.99 Å². The summed E-state index contributed by atoms with van der Waals surface area (Å²) in [6.45, 7) is 3.95. The van der Waals surface area contributed by atoms with Crippen molar-refractivity contribution in [2.24, 2.45) is 4.99 Å². The Labute approximate surface area is 196 Å². The van der Waals surface area contributed by atoms with Crippen LogP contribution in [0.3, 0.4) is 0 Å². The third-order valence-electron chi connectivity index (χ3n) is 4.79. The number of anilines is 1. The molecule has 1 heterocycles. The zero-order chi connectivity index (χ0) is 23.2. The highest BCUT2D eigenvalue weighted by Crippen LogP contribution is 2.31. The number of aliphatic imine (C=N–C) groups is 1. The first-order chi connectivity index (χ1) is 16.0. The van der Waals surface area contributed by atoms with Crippen LogP contribution >= 0.6 is 11.8 Å². The van der Waals surface area contributed by atoms with Gasteiger partial charge in [0.25, 0.3) is 5.91 Å². The molecule has 1 fully saturated rings. The number of amides is 2. The van der Waals surface area contributed by atoms with Gasteiger partial charge in [-0.2, -0.15) is 0 Å². The molecule has 7 heteroatoms. The third kappa shape index (κ3) is 6.11. The molecule has 2 amide bonds. The van der Waals surface area contributed by atoms with E-state index in [0.717, 1.165) is 11.1 Å². The zero-order valence-electron chi connectivity index (χ0n) is 18.3. The van der Waals surface area contributed by atoms with Gasteiger partial charge < -0.3 is 15.4 Å². The number of para-hydroxylation sites is 1. The number of nitrogens with one attached hydrogen (secondary N) is 2. The minimum atomic E-state index is -0.207. The van der Waals surface area contributed by atoms with Crippen LogP contribution in [-0.4, -0.2) is 17.0 Å². The van der Waals surface area contributed by atoms with Crippen molar-refractivity contribution < 1.29 is 14.3 Å². The summed E-state index contributed by atoms with van der Waals surface area (Å²) < 4.78 is 6.02. The maximum absolute atomic E-state index is 12.5. The molecule has 0 atom stereocenters. The van der Waals surface area contributed by atoms with Gasteiger partial charge in [0.1, 0.15) is 12.4 Å². The summed E-state index contributed by atoms with van der Waals surface area (Å²) in [5.41, 5.74) is 4.47. The molecule has 0 radical (unpaired) electrons. The van der Waals surface area contributed by atoms with E-state index in [-0.39, 0.29) is 11.8 Å². The molecule has 2 N–H and O–H groups in total. The number of hydrogen-bond acceptors (Lipinski definition) is 5. The quantitative estimate of drug-likeness (QED) is 0.484. The predicted octanol–water partition coefficient (Wildman–Crippen LogP) is 5.42. The van der Waals surface area contributed by atoms with E-state index in [2.05, 4.69) is 34.7 Å². The minimum absolute atomic E-state index is 0.134. The normalized spacial score (nSPS) is 15.5. The number of rotatable bonds is 6. The largest absolute Gasteiger partial charge is 0.488 e. The molecule has 1 aliphatic heterocycles. The molecule has 0 saturated carbocycles. The second kappa shape index (κ2) is 10.2. The fraction of sp³-hybridized carbons (Fsp3) is 0.115. The molecule has 3 aromatic rings. The smallest absolute Gasteiger partial charge is 0.264 e. The van der Waals surface area contributed by atoms with Crippen LogP contribution in [0.1, 0.15) is 23.6 Å². The zero-order valence-corrected chi connectivity index (χ0v) is 19.1. The molecule has 6 nitrogen and oxygen atoms in total. The van der Waals surface area contributed by atoms with Crippen molar-refractivity contribution >= 4 is 46.2 Å². The van der Waals surface area contributed by atoms with Crippen LogP contribution in [0.15, 0.2) is 82.7 Å². The van der Waals surface area contributed by atoms with E-state index in [9.17, 15) is 9.59 Å². The molecule has 0 bridgehead atoms. The second-order valence-corrected chi connectivity index (χ2v) is 8.55. The first-order valence-electron chi connectivity index (χ1n) is 10.4. The van der Waals surface area contributed by atoms with Crippen LogP contribution in [0.25, 0.3) is 6.08 Å². The van der Waals surface area contributed by atoms with Crippen molar-refractivity contribution in [1.29, 1.82) is 0 Å². The van der Waals surface area contributed by atoms with Crippen LogP contribution in [0.5, 0.6) is 5.75 Å². The van der Waals surface area contributed by atoms with Crippen LogP contribution in [0.4, 0.5) is 11.4 Å². The fourth-order valence-electron chi connectivity index (χ4n) is 3.14. The van der Waals surface area contributed by atoms with E-state index in [4.69, 9.17) is 4.74 Å². The van der Waals surface area contributed by atoms with Crippen LogP contribution in [0, 0.1) is 6.92 Å². The Kier molecular flexibility index (Phi) is 6.90. The van der Waals surface area contributed by atoms with Crippen molar-refractivity contribution in [3.63, 3.8) is 0 Å². The van der Waals surface area contributed by atoms with Gasteiger partial charge in [-0.3, -0.25) is 9.59 Å². The van der Waals surface area contributed by atoms with Gasteiger partial charge >= 0.3 is 0 Å². The summed E-state index contributed by atoms with van der Waals surface area (Å²) in [5, 5.41) is 6.01. The van der Waals surface area contributed by atoms with Crippen molar-refractivity contribution in [2.45, 2.75) is 20.5 Å². The summed E-state index contributed by atoms with van der Waals surface area (Å²) in [5.74, 6) is 0.366. The van der Waals surface area contributed by atoms with Crippen molar-refractivity contribution in [2.75, 3.05) is 5.32 Å². The maximum Gasteiger partial charge on any atom is 0.264 e. The fourth-order valence-corrected chi connectivity index (χ4v) is 3.97. The number of ether oxygens (including phenoxy) is 1. The van der Waals surface area contributed by atoms with Gasteiger partial charge in [-0.15, -0.1) is 0 Å². The average molecular weight is 458 g/mol. The van der Waals surface area contributed by atoms with E-state index in [0.29, 0.717) is 33.8 Å². The summed E-state index contributed by atoms with van der Waals surface area (Å²) in [4.78, 5) is 28.7. The van der Waals surface area contributed by atoms with Gasteiger partial charge in [0.15, 0.2) is 5.17 Å². The molecular formula is C26H23N3O3S. The van der Waals surface area contributed by atoms with Crippen LogP contribution in [-0.2, 0) is 16.2 Å². The lowest BCUT2D eigenvalue weighted by Crippen LogP contribution is -2.19. The van der Waals surface area contributed by atoms with E-state index >= 15 is 0 Å². The predicted molar refractivity (Wildman–Crippen MR) is 134 cm³/mol. The number of carbonyl (C=O) groups is 2. The van der Waals surface area contributed by atoms with Gasteiger partial charge in [0.05, 0.1) is 10.6 Å². The second-order valence-electron chi connectivity index (χ2n) is 7.52. The molecule has 0 aliphatic carbocycles. The standard InChI is InChI=1S/C26H23N3O3S/c1-17-7-9-19(10-8-17)16-32-23-6-4-3-5-20(23)15-24-25(31)29-26(33-24)28-22-13-11-21(12-14-22)27-18(2)30/h3-15H,16H2,1-2H3,(H,27,30)(H,28,29,31)/b24-15-. The first kappa shape index (κ1) is 22.4. The Morgan fingerprint density at radius 3 is 2.52 bits per heavy atom.